The van der Waals surface area contributed by atoms with Gasteiger partial charge >= 0.3 is 0 Å². The summed E-state index contributed by atoms with van der Waals surface area (Å²) in [4.78, 5) is 21.1. The second-order valence-electron chi connectivity index (χ2n) is 8.81. The molecule has 0 bridgehead atoms. The van der Waals surface area contributed by atoms with Crippen LogP contribution in [0.2, 0.25) is 0 Å². The van der Waals surface area contributed by atoms with E-state index in [-0.39, 0.29) is 11.9 Å². The van der Waals surface area contributed by atoms with Crippen LogP contribution in [0.15, 0.2) is 48.9 Å². The standard InChI is InChI=1S/C24H25N7O/c1-15-13-29(24-20-5-4-10-25-23(20)28(3)27-24)22-11-17(6-9-21(22)31(15)16(2)32)18-12-26-30(14-18)19-7-8-19/h4-6,9-12,14-15,19H,7-8,13H2,1-3H3. The summed E-state index contributed by atoms with van der Waals surface area (Å²) in [5.41, 5.74) is 4.88. The number of nitrogens with zero attached hydrogens (tertiary/aromatic N) is 7. The van der Waals surface area contributed by atoms with Gasteiger partial charge in [0.25, 0.3) is 0 Å². The van der Waals surface area contributed by atoms with Crippen molar-refractivity contribution in [3.05, 3.63) is 48.9 Å². The third-order valence-electron chi connectivity index (χ3n) is 6.44. The number of hydrogen-bond acceptors (Lipinski definition) is 5. The Morgan fingerprint density at radius 3 is 2.75 bits per heavy atom. The lowest BCUT2D eigenvalue weighted by atomic mass is 10.0. The van der Waals surface area contributed by atoms with E-state index >= 15 is 0 Å². The van der Waals surface area contributed by atoms with E-state index in [0.717, 1.165) is 39.4 Å². The zero-order valence-electron chi connectivity index (χ0n) is 18.4. The lowest BCUT2D eigenvalue weighted by Crippen LogP contribution is -2.48. The molecule has 2 aliphatic rings. The Bertz CT molecular complexity index is 1350. The first-order valence-electron chi connectivity index (χ1n) is 11.0. The van der Waals surface area contributed by atoms with E-state index in [4.69, 9.17) is 5.10 Å². The SMILES string of the molecule is CC(=O)N1c2ccc(-c3cnn(C4CC4)c3)cc2N(c2nn(C)c3ncccc23)CC1C. The Labute approximate surface area is 186 Å². The molecule has 0 radical (unpaired) electrons. The number of rotatable bonds is 3. The Morgan fingerprint density at radius 1 is 1.12 bits per heavy atom. The van der Waals surface area contributed by atoms with Crippen molar-refractivity contribution < 1.29 is 4.79 Å². The van der Waals surface area contributed by atoms with Crippen molar-refractivity contribution in [2.75, 3.05) is 16.3 Å². The van der Waals surface area contributed by atoms with E-state index in [9.17, 15) is 4.79 Å². The zero-order chi connectivity index (χ0) is 22.0. The number of carbonyl (C=O) groups is 1. The molecule has 0 spiro atoms. The molecule has 0 N–H and O–H groups in total. The number of benzene rings is 1. The van der Waals surface area contributed by atoms with Gasteiger partial charge in [-0.1, -0.05) is 6.07 Å². The highest BCUT2D eigenvalue weighted by molar-refractivity contribution is 6.01. The van der Waals surface area contributed by atoms with Crippen molar-refractivity contribution in [3.8, 4) is 11.1 Å². The molecule has 1 atom stereocenters. The average molecular weight is 428 g/mol. The Kier molecular flexibility index (Phi) is 4.11. The quantitative estimate of drug-likeness (QED) is 0.493. The number of fused-ring (bicyclic) bond motifs is 2. The van der Waals surface area contributed by atoms with Crippen molar-refractivity contribution in [3.63, 3.8) is 0 Å². The molecule has 8 heteroatoms. The molecule has 1 saturated carbocycles. The summed E-state index contributed by atoms with van der Waals surface area (Å²) in [6, 6.07) is 10.8. The minimum Gasteiger partial charge on any atom is -0.320 e. The van der Waals surface area contributed by atoms with Gasteiger partial charge < -0.3 is 9.80 Å². The Balaban J connectivity index is 1.52. The van der Waals surface area contributed by atoms with Gasteiger partial charge in [-0.15, -0.1) is 0 Å². The lowest BCUT2D eigenvalue weighted by molar-refractivity contribution is -0.117. The Morgan fingerprint density at radius 2 is 1.97 bits per heavy atom. The van der Waals surface area contributed by atoms with Crippen molar-refractivity contribution in [2.45, 2.75) is 38.8 Å². The molecule has 4 heterocycles. The molecule has 1 unspecified atom stereocenters. The summed E-state index contributed by atoms with van der Waals surface area (Å²) in [7, 11) is 1.91. The summed E-state index contributed by atoms with van der Waals surface area (Å²) < 4.78 is 3.88. The van der Waals surface area contributed by atoms with Crippen LogP contribution in [0.1, 0.15) is 32.7 Å². The van der Waals surface area contributed by atoms with E-state index in [2.05, 4.69) is 51.0 Å². The first-order valence-corrected chi connectivity index (χ1v) is 11.0. The molecule has 1 amide bonds. The van der Waals surface area contributed by atoms with Crippen LogP contribution in [0.5, 0.6) is 0 Å². The van der Waals surface area contributed by atoms with Gasteiger partial charge in [0.1, 0.15) is 0 Å². The minimum absolute atomic E-state index is 0.0113. The molecule has 1 fully saturated rings. The van der Waals surface area contributed by atoms with Crippen LogP contribution in [0.25, 0.3) is 22.2 Å². The molecule has 1 aliphatic carbocycles. The summed E-state index contributed by atoms with van der Waals surface area (Å²) in [6.45, 7) is 4.36. The molecule has 8 nitrogen and oxygen atoms in total. The number of carbonyl (C=O) groups excluding carboxylic acids is 1. The first-order chi connectivity index (χ1) is 15.5. The predicted octanol–water partition coefficient (Wildman–Crippen LogP) is 4.06. The summed E-state index contributed by atoms with van der Waals surface area (Å²) >= 11 is 0. The van der Waals surface area contributed by atoms with Crippen molar-refractivity contribution in [1.29, 1.82) is 0 Å². The maximum absolute atomic E-state index is 12.5. The molecule has 1 aliphatic heterocycles. The van der Waals surface area contributed by atoms with E-state index < -0.39 is 0 Å². The van der Waals surface area contributed by atoms with Gasteiger partial charge in [-0.05, 0) is 49.6 Å². The summed E-state index contributed by atoms with van der Waals surface area (Å²) in [5.74, 6) is 0.901. The molecule has 6 rings (SSSR count). The minimum atomic E-state index is 0.0113. The van der Waals surface area contributed by atoms with Gasteiger partial charge in [0.2, 0.25) is 5.91 Å². The van der Waals surface area contributed by atoms with Crippen LogP contribution >= 0.6 is 0 Å². The third kappa shape index (κ3) is 2.90. The van der Waals surface area contributed by atoms with E-state index in [1.54, 1.807) is 13.1 Å². The lowest BCUT2D eigenvalue weighted by Gasteiger charge is -2.41. The highest BCUT2D eigenvalue weighted by atomic mass is 16.2. The van der Waals surface area contributed by atoms with Crippen LogP contribution in [-0.4, -0.2) is 43.0 Å². The van der Waals surface area contributed by atoms with Gasteiger partial charge in [0, 0.05) is 38.5 Å². The first kappa shape index (κ1) is 19.0. The maximum atomic E-state index is 12.5. The highest BCUT2D eigenvalue weighted by Gasteiger charge is 2.34. The van der Waals surface area contributed by atoms with Gasteiger partial charge in [0.15, 0.2) is 11.5 Å². The summed E-state index contributed by atoms with van der Waals surface area (Å²) in [6.07, 6.45) is 8.24. The van der Waals surface area contributed by atoms with Crippen LogP contribution in [0.4, 0.5) is 17.2 Å². The van der Waals surface area contributed by atoms with Gasteiger partial charge in [-0.25, -0.2) is 9.67 Å². The normalized spacial score (nSPS) is 18.3. The molecule has 4 aromatic rings. The number of anilines is 3. The summed E-state index contributed by atoms with van der Waals surface area (Å²) in [5, 5.41) is 10.4. The Hall–Kier alpha value is -3.68. The van der Waals surface area contributed by atoms with E-state index in [0.29, 0.717) is 12.6 Å². The largest absolute Gasteiger partial charge is 0.320 e. The molecule has 3 aromatic heterocycles. The fraction of sp³-hybridized carbons (Fsp3) is 0.333. The molecular formula is C24H25N7O. The highest BCUT2D eigenvalue weighted by Crippen LogP contribution is 2.43. The predicted molar refractivity (Wildman–Crippen MR) is 124 cm³/mol. The zero-order valence-corrected chi connectivity index (χ0v) is 18.4. The number of pyridine rings is 1. The molecular weight excluding hydrogens is 402 g/mol. The molecule has 1 aromatic carbocycles. The number of aryl methyl sites for hydroxylation is 1. The third-order valence-corrected chi connectivity index (χ3v) is 6.44. The van der Waals surface area contributed by atoms with E-state index in [1.807, 2.05) is 35.0 Å². The molecule has 32 heavy (non-hydrogen) atoms. The van der Waals surface area contributed by atoms with Crippen LogP contribution in [0.3, 0.4) is 0 Å². The second kappa shape index (κ2) is 6.91. The number of hydrogen-bond donors (Lipinski definition) is 0. The molecule has 162 valence electrons. The van der Waals surface area contributed by atoms with E-state index in [1.165, 1.54) is 12.8 Å². The van der Waals surface area contributed by atoms with Crippen LogP contribution < -0.4 is 9.80 Å². The van der Waals surface area contributed by atoms with Crippen molar-refractivity contribution in [2.24, 2.45) is 7.05 Å². The maximum Gasteiger partial charge on any atom is 0.224 e. The smallest absolute Gasteiger partial charge is 0.224 e. The van der Waals surface area contributed by atoms with Crippen molar-refractivity contribution >= 4 is 34.1 Å². The molecule has 0 saturated heterocycles. The number of aromatic nitrogens is 5. The van der Waals surface area contributed by atoms with Crippen molar-refractivity contribution in [1.82, 2.24) is 24.5 Å². The fourth-order valence-electron chi connectivity index (χ4n) is 4.78. The van der Waals surface area contributed by atoms with Gasteiger partial charge in [0.05, 0.1) is 35.0 Å². The topological polar surface area (TPSA) is 72.1 Å². The average Bonchev–Trinajstić information content (AvgIpc) is 3.42. The second-order valence-corrected chi connectivity index (χ2v) is 8.81. The monoisotopic (exact) mass is 427 g/mol. The fourth-order valence-corrected chi connectivity index (χ4v) is 4.78. The van der Waals surface area contributed by atoms with Crippen LogP contribution in [-0.2, 0) is 11.8 Å². The van der Waals surface area contributed by atoms with Crippen LogP contribution in [0, 0.1) is 0 Å². The van der Waals surface area contributed by atoms with Gasteiger partial charge in [-0.2, -0.15) is 10.2 Å². The van der Waals surface area contributed by atoms with Gasteiger partial charge in [-0.3, -0.25) is 9.48 Å². The number of amides is 1.